The van der Waals surface area contributed by atoms with Gasteiger partial charge in [-0.2, -0.15) is 42.8 Å². The maximum absolute atomic E-state index is 4.97. The Morgan fingerprint density at radius 3 is 1.92 bits per heavy atom. The van der Waals surface area contributed by atoms with Crippen LogP contribution >= 0.6 is 0 Å². The van der Waals surface area contributed by atoms with Crippen molar-refractivity contribution in [2.24, 2.45) is 0 Å². The zero-order valence-electron chi connectivity index (χ0n) is 7.07. The first-order chi connectivity index (χ1) is 5.41. The van der Waals surface area contributed by atoms with Crippen molar-refractivity contribution in [3.05, 3.63) is 56.0 Å². The summed E-state index contributed by atoms with van der Waals surface area (Å²) in [7, 11) is 0. The van der Waals surface area contributed by atoms with E-state index < -0.39 is 0 Å². The number of allylic oxidation sites excluding steroid dienone is 1. The van der Waals surface area contributed by atoms with Gasteiger partial charge in [0.05, 0.1) is 0 Å². The molecule has 0 spiro atoms. The van der Waals surface area contributed by atoms with Gasteiger partial charge in [-0.3, -0.25) is 6.08 Å². The number of benzene rings is 1. The predicted molar refractivity (Wildman–Crippen MR) is 48.7 cm³/mol. The van der Waals surface area contributed by atoms with E-state index in [-0.39, 0.29) is 17.4 Å². The summed E-state index contributed by atoms with van der Waals surface area (Å²) in [6, 6.07) is 12.5. The minimum Gasteiger partial charge on any atom is -0.518 e. The van der Waals surface area contributed by atoms with Gasteiger partial charge < -0.3 is 13.5 Å². The van der Waals surface area contributed by atoms with E-state index in [1.54, 1.807) is 6.08 Å². The first kappa shape index (κ1) is 14.0. The molecule has 63 valence electrons. The molecule has 1 rings (SSSR count). The van der Waals surface area contributed by atoms with Gasteiger partial charge in [-0.15, -0.1) is 0 Å². The van der Waals surface area contributed by atoms with Gasteiger partial charge in [0.15, 0.2) is 0 Å². The molecular formula is C11H13Cr. The van der Waals surface area contributed by atoms with Crippen molar-refractivity contribution in [1.82, 2.24) is 0 Å². The summed E-state index contributed by atoms with van der Waals surface area (Å²) < 4.78 is 0. The van der Waals surface area contributed by atoms with Crippen molar-refractivity contribution in [1.29, 1.82) is 0 Å². The van der Waals surface area contributed by atoms with Crippen LogP contribution in [-0.4, -0.2) is 0 Å². The van der Waals surface area contributed by atoms with Crippen LogP contribution in [0.2, 0.25) is 0 Å². The minimum absolute atomic E-state index is 0. The van der Waals surface area contributed by atoms with E-state index in [1.165, 1.54) is 0 Å². The summed E-state index contributed by atoms with van der Waals surface area (Å²) in [6.45, 7) is 8.54. The summed E-state index contributed by atoms with van der Waals surface area (Å²) in [6.07, 6.45) is 3.46. The molecule has 1 aromatic rings. The second-order valence-electron chi connectivity index (χ2n) is 1.96. The van der Waals surface area contributed by atoms with E-state index in [4.69, 9.17) is 6.58 Å². The van der Waals surface area contributed by atoms with Crippen molar-refractivity contribution in [2.75, 3.05) is 0 Å². The standard InChI is InChI=1S/C6H5.C5H8.Cr/c1-2-4-6-5-3-1;1-3-5-4-2;/h1-5H;1,3H,2,4-5H2;/q-1;-2;+3. The number of unbranched alkanes of at least 4 members (excludes halogenated alkanes) is 1. The third kappa shape index (κ3) is 12.2. The maximum Gasteiger partial charge on any atom is 3.00 e. The van der Waals surface area contributed by atoms with E-state index >= 15 is 0 Å². The van der Waals surface area contributed by atoms with E-state index in [0.717, 1.165) is 12.8 Å². The van der Waals surface area contributed by atoms with E-state index in [2.05, 4.69) is 13.0 Å². The zero-order chi connectivity index (χ0) is 8.36. The van der Waals surface area contributed by atoms with Crippen molar-refractivity contribution >= 4 is 0 Å². The molecule has 0 N–H and O–H groups in total. The molecule has 0 amide bonds. The van der Waals surface area contributed by atoms with Gasteiger partial charge in [0, 0.05) is 0 Å². The summed E-state index contributed by atoms with van der Waals surface area (Å²) in [5.41, 5.74) is 0. The first-order valence-corrected chi connectivity index (χ1v) is 3.65. The number of hydrogen-bond donors (Lipinski definition) is 0. The fourth-order valence-electron chi connectivity index (χ4n) is 0.460. The second-order valence-corrected chi connectivity index (χ2v) is 1.96. The fourth-order valence-corrected chi connectivity index (χ4v) is 0.460. The van der Waals surface area contributed by atoms with Crippen molar-refractivity contribution < 1.29 is 17.4 Å². The molecule has 0 aliphatic carbocycles. The normalized spacial score (nSPS) is 7.08. The molecule has 0 fully saturated rings. The largest absolute Gasteiger partial charge is 3.00 e. The van der Waals surface area contributed by atoms with Gasteiger partial charge in [0.1, 0.15) is 0 Å². The molecular weight excluding hydrogens is 184 g/mol. The van der Waals surface area contributed by atoms with Gasteiger partial charge in [0.2, 0.25) is 0 Å². The van der Waals surface area contributed by atoms with Gasteiger partial charge in [-0.25, -0.2) is 0 Å². The zero-order valence-corrected chi connectivity index (χ0v) is 8.35. The summed E-state index contributed by atoms with van der Waals surface area (Å²) >= 11 is 0. The Kier molecular flexibility index (Phi) is 15.3. The van der Waals surface area contributed by atoms with Crippen LogP contribution in [0.25, 0.3) is 0 Å². The summed E-state index contributed by atoms with van der Waals surface area (Å²) in [5, 5.41) is 0. The summed E-state index contributed by atoms with van der Waals surface area (Å²) in [4.78, 5) is 0. The molecule has 0 unspecified atom stereocenters. The Morgan fingerprint density at radius 2 is 1.83 bits per heavy atom. The van der Waals surface area contributed by atoms with Crippen LogP contribution in [0.4, 0.5) is 0 Å². The number of rotatable bonds is 2. The van der Waals surface area contributed by atoms with Crippen LogP contribution in [0.3, 0.4) is 0 Å². The monoisotopic (exact) mass is 197 g/mol. The van der Waals surface area contributed by atoms with Crippen molar-refractivity contribution in [2.45, 2.75) is 12.8 Å². The Labute approximate surface area is 86.4 Å². The quantitative estimate of drug-likeness (QED) is 0.639. The van der Waals surface area contributed by atoms with Crippen molar-refractivity contribution in [3.63, 3.8) is 0 Å². The van der Waals surface area contributed by atoms with Crippen LogP contribution in [0.1, 0.15) is 12.8 Å². The van der Waals surface area contributed by atoms with E-state index in [9.17, 15) is 0 Å². The van der Waals surface area contributed by atoms with E-state index in [0.29, 0.717) is 0 Å². The van der Waals surface area contributed by atoms with Crippen LogP contribution in [0.5, 0.6) is 0 Å². The van der Waals surface area contributed by atoms with E-state index in [1.807, 2.05) is 30.3 Å². The molecule has 0 nitrogen and oxygen atoms in total. The molecule has 0 saturated heterocycles. The Balaban J connectivity index is 0. The molecule has 1 radical (unpaired) electrons. The third-order valence-electron chi connectivity index (χ3n) is 0.978. The molecule has 0 aliphatic rings. The topological polar surface area (TPSA) is 0 Å². The molecule has 1 aromatic carbocycles. The van der Waals surface area contributed by atoms with Gasteiger partial charge >= 0.3 is 17.4 Å². The van der Waals surface area contributed by atoms with Gasteiger partial charge in [-0.1, -0.05) is 6.42 Å². The molecule has 0 saturated carbocycles. The molecule has 12 heavy (non-hydrogen) atoms. The minimum atomic E-state index is 0. The Hall–Kier alpha value is -0.508. The Morgan fingerprint density at radius 1 is 1.25 bits per heavy atom. The first-order valence-electron chi connectivity index (χ1n) is 3.65. The third-order valence-corrected chi connectivity index (χ3v) is 0.978. The molecule has 0 atom stereocenters. The smallest absolute Gasteiger partial charge is 0.518 e. The van der Waals surface area contributed by atoms with Crippen LogP contribution in [0.15, 0.2) is 36.4 Å². The average Bonchev–Trinajstić information content (AvgIpc) is 2.10. The van der Waals surface area contributed by atoms with Crippen LogP contribution in [-0.2, 0) is 17.4 Å². The maximum atomic E-state index is 4.97. The van der Waals surface area contributed by atoms with Gasteiger partial charge in [-0.05, 0) is 0 Å². The molecule has 0 heterocycles. The van der Waals surface area contributed by atoms with Crippen LogP contribution < -0.4 is 0 Å². The molecule has 0 aromatic heterocycles. The molecule has 0 aliphatic heterocycles. The Bertz CT molecular complexity index is 131. The fraction of sp³-hybridized carbons (Fsp3) is 0.182. The van der Waals surface area contributed by atoms with Crippen LogP contribution in [0, 0.1) is 19.6 Å². The van der Waals surface area contributed by atoms with Gasteiger partial charge in [0.25, 0.3) is 0 Å². The van der Waals surface area contributed by atoms with Crippen molar-refractivity contribution in [3.8, 4) is 0 Å². The molecule has 0 bridgehead atoms. The predicted octanol–water partition coefficient (Wildman–Crippen LogP) is 3.07. The summed E-state index contributed by atoms with van der Waals surface area (Å²) in [5.74, 6) is 0. The number of hydrogen-bond acceptors (Lipinski definition) is 0. The average molecular weight is 197 g/mol. The SMILES string of the molecule is [CH-]=CCC[CH2-].[Cr+3].[c-]1ccccc1. The second kappa shape index (κ2) is 13.1. The molecule has 1 heteroatoms.